The van der Waals surface area contributed by atoms with E-state index in [4.69, 9.17) is 9.84 Å². The fourth-order valence-corrected chi connectivity index (χ4v) is 2.46. The first-order valence-electron chi connectivity index (χ1n) is 7.27. The maximum absolute atomic E-state index is 12.7. The molecular weight excluding hydrogens is 266 g/mol. The molecule has 1 aromatic carbocycles. The average Bonchev–Trinajstić information content (AvgIpc) is 2.53. The van der Waals surface area contributed by atoms with Crippen molar-refractivity contribution in [2.24, 2.45) is 0 Å². The first kappa shape index (κ1) is 15.6. The van der Waals surface area contributed by atoms with Crippen molar-refractivity contribution in [1.29, 1.82) is 0 Å². The van der Waals surface area contributed by atoms with E-state index in [1.807, 2.05) is 30.0 Å². The van der Waals surface area contributed by atoms with Crippen molar-refractivity contribution < 1.29 is 14.6 Å². The lowest BCUT2D eigenvalue weighted by Crippen LogP contribution is -2.45. The van der Waals surface area contributed by atoms with Crippen LogP contribution in [0.15, 0.2) is 18.2 Å². The molecule has 0 spiro atoms. The smallest absolute Gasteiger partial charge is 0.254 e. The fraction of sp³-hybridized carbons (Fsp3) is 0.471. The first-order chi connectivity index (χ1) is 10.2. The van der Waals surface area contributed by atoms with Crippen LogP contribution in [-0.4, -0.2) is 48.3 Å². The average molecular weight is 287 g/mol. The highest BCUT2D eigenvalue weighted by molar-refractivity contribution is 5.96. The lowest BCUT2D eigenvalue weighted by Gasteiger charge is -2.33. The van der Waals surface area contributed by atoms with Gasteiger partial charge in [-0.05, 0) is 31.0 Å². The second-order valence-corrected chi connectivity index (χ2v) is 5.09. The number of aliphatic hydroxyl groups is 1. The van der Waals surface area contributed by atoms with Gasteiger partial charge in [-0.2, -0.15) is 0 Å². The zero-order chi connectivity index (χ0) is 15.2. The number of nitrogens with zero attached hydrogens (tertiary/aromatic N) is 1. The normalized spacial score (nSPS) is 18.0. The van der Waals surface area contributed by atoms with Gasteiger partial charge >= 0.3 is 0 Å². The zero-order valence-corrected chi connectivity index (χ0v) is 12.6. The van der Waals surface area contributed by atoms with Gasteiger partial charge in [0.1, 0.15) is 6.61 Å². The number of carbonyl (C=O) groups is 1. The number of morpholine rings is 1. The van der Waals surface area contributed by atoms with Crippen molar-refractivity contribution in [3.8, 4) is 11.8 Å². The molecule has 2 rings (SSSR count). The number of benzene rings is 1. The van der Waals surface area contributed by atoms with Crippen LogP contribution < -0.4 is 0 Å². The molecule has 0 saturated carbocycles. The van der Waals surface area contributed by atoms with Crippen LogP contribution in [0.5, 0.6) is 0 Å². The maximum atomic E-state index is 12.7. The fourth-order valence-electron chi connectivity index (χ4n) is 2.46. The summed E-state index contributed by atoms with van der Waals surface area (Å²) >= 11 is 0. The number of hydrogen-bond acceptors (Lipinski definition) is 3. The third kappa shape index (κ3) is 3.63. The summed E-state index contributed by atoms with van der Waals surface area (Å²) in [6, 6.07) is 5.53. The van der Waals surface area contributed by atoms with Crippen LogP contribution >= 0.6 is 0 Å². The third-order valence-corrected chi connectivity index (χ3v) is 3.75. The Hall–Kier alpha value is -1.83. The van der Waals surface area contributed by atoms with Gasteiger partial charge in [0.15, 0.2) is 0 Å². The summed E-state index contributed by atoms with van der Waals surface area (Å²) in [5, 5.41) is 8.79. The number of carbonyl (C=O) groups excluding carboxylic acids is 1. The Balaban J connectivity index is 2.23. The predicted molar refractivity (Wildman–Crippen MR) is 81.1 cm³/mol. The summed E-state index contributed by atoms with van der Waals surface area (Å²) in [6.07, 6.45) is 1.03. The zero-order valence-electron chi connectivity index (χ0n) is 12.6. The maximum Gasteiger partial charge on any atom is 0.254 e. The highest BCUT2D eigenvalue weighted by Gasteiger charge is 2.25. The Morgan fingerprint density at radius 3 is 3.05 bits per heavy atom. The molecule has 4 nitrogen and oxygen atoms in total. The molecule has 0 bridgehead atoms. The van der Waals surface area contributed by atoms with Gasteiger partial charge in [0, 0.05) is 24.2 Å². The lowest BCUT2D eigenvalue weighted by atomic mass is 10.0. The van der Waals surface area contributed by atoms with Crippen molar-refractivity contribution in [2.75, 3.05) is 26.3 Å². The van der Waals surface area contributed by atoms with Crippen molar-refractivity contribution >= 4 is 5.91 Å². The lowest BCUT2D eigenvalue weighted by molar-refractivity contribution is -0.0226. The molecule has 21 heavy (non-hydrogen) atoms. The Kier molecular flexibility index (Phi) is 5.38. The van der Waals surface area contributed by atoms with E-state index in [2.05, 4.69) is 18.8 Å². The SMILES string of the molecule is CCC1CN(C(=O)c2cccc(C#CCO)c2C)CCO1. The number of rotatable bonds is 2. The minimum absolute atomic E-state index is 0.0295. The molecule has 1 aliphatic heterocycles. The van der Waals surface area contributed by atoms with E-state index in [1.165, 1.54) is 0 Å². The van der Waals surface area contributed by atoms with E-state index >= 15 is 0 Å². The highest BCUT2D eigenvalue weighted by Crippen LogP contribution is 2.18. The number of hydrogen-bond donors (Lipinski definition) is 1. The second kappa shape index (κ2) is 7.26. The molecule has 1 aromatic rings. The number of aliphatic hydroxyl groups excluding tert-OH is 1. The van der Waals surface area contributed by atoms with E-state index in [1.54, 1.807) is 0 Å². The van der Waals surface area contributed by atoms with Gasteiger partial charge in [-0.3, -0.25) is 4.79 Å². The van der Waals surface area contributed by atoms with Gasteiger partial charge in [0.25, 0.3) is 5.91 Å². The summed E-state index contributed by atoms with van der Waals surface area (Å²) in [7, 11) is 0. The summed E-state index contributed by atoms with van der Waals surface area (Å²) in [4.78, 5) is 14.5. The number of ether oxygens (including phenoxy) is 1. The largest absolute Gasteiger partial charge is 0.384 e. The molecule has 1 amide bonds. The van der Waals surface area contributed by atoms with E-state index in [0.717, 1.165) is 17.5 Å². The van der Waals surface area contributed by atoms with Gasteiger partial charge in [0.2, 0.25) is 0 Å². The quantitative estimate of drug-likeness (QED) is 0.840. The van der Waals surface area contributed by atoms with Crippen LogP contribution in [0.2, 0.25) is 0 Å². The third-order valence-electron chi connectivity index (χ3n) is 3.75. The molecule has 4 heteroatoms. The molecule has 1 atom stereocenters. The summed E-state index contributed by atoms with van der Waals surface area (Å²) in [5.74, 6) is 5.54. The van der Waals surface area contributed by atoms with E-state index in [-0.39, 0.29) is 18.6 Å². The molecule has 0 aromatic heterocycles. The molecule has 1 unspecified atom stereocenters. The Morgan fingerprint density at radius 1 is 1.52 bits per heavy atom. The van der Waals surface area contributed by atoms with E-state index in [9.17, 15) is 4.79 Å². The van der Waals surface area contributed by atoms with Gasteiger partial charge in [0.05, 0.1) is 12.7 Å². The topological polar surface area (TPSA) is 49.8 Å². The Bertz CT molecular complexity index is 571. The molecular formula is C17H21NO3. The Labute approximate surface area is 125 Å². The van der Waals surface area contributed by atoms with Gasteiger partial charge in [-0.25, -0.2) is 0 Å². The van der Waals surface area contributed by atoms with E-state index in [0.29, 0.717) is 25.3 Å². The molecule has 0 radical (unpaired) electrons. The Morgan fingerprint density at radius 2 is 2.33 bits per heavy atom. The van der Waals surface area contributed by atoms with Crippen LogP contribution in [0.3, 0.4) is 0 Å². The monoisotopic (exact) mass is 287 g/mol. The second-order valence-electron chi connectivity index (χ2n) is 5.09. The summed E-state index contributed by atoms with van der Waals surface area (Å²) in [6.45, 7) is 5.64. The van der Waals surface area contributed by atoms with Gasteiger partial charge in [-0.1, -0.05) is 24.8 Å². The predicted octanol–water partition coefficient (Wildman–Crippen LogP) is 1.59. The molecule has 1 heterocycles. The minimum atomic E-state index is -0.181. The van der Waals surface area contributed by atoms with E-state index < -0.39 is 0 Å². The standard InChI is InChI=1S/C17H21NO3/c1-3-15-12-18(9-11-21-15)17(20)16-8-4-6-14(13(16)2)7-5-10-19/h4,6,8,15,19H,3,9-12H2,1-2H3. The van der Waals surface area contributed by atoms with Crippen LogP contribution in [0, 0.1) is 18.8 Å². The highest BCUT2D eigenvalue weighted by atomic mass is 16.5. The molecule has 1 fully saturated rings. The van der Waals surface area contributed by atoms with Gasteiger partial charge in [-0.15, -0.1) is 0 Å². The molecule has 112 valence electrons. The molecule has 0 aliphatic carbocycles. The first-order valence-corrected chi connectivity index (χ1v) is 7.27. The molecule has 1 aliphatic rings. The van der Waals surface area contributed by atoms with Crippen molar-refractivity contribution in [1.82, 2.24) is 4.90 Å². The van der Waals surface area contributed by atoms with Crippen LogP contribution in [-0.2, 0) is 4.74 Å². The number of amides is 1. The van der Waals surface area contributed by atoms with Crippen molar-refractivity contribution in [3.05, 3.63) is 34.9 Å². The summed E-state index contributed by atoms with van der Waals surface area (Å²) < 4.78 is 5.61. The van der Waals surface area contributed by atoms with Crippen LogP contribution in [0.1, 0.15) is 34.8 Å². The van der Waals surface area contributed by atoms with Crippen molar-refractivity contribution in [3.63, 3.8) is 0 Å². The van der Waals surface area contributed by atoms with Crippen molar-refractivity contribution in [2.45, 2.75) is 26.4 Å². The summed E-state index contributed by atoms with van der Waals surface area (Å²) in [5.41, 5.74) is 2.33. The van der Waals surface area contributed by atoms with Gasteiger partial charge < -0.3 is 14.7 Å². The molecule has 1 N–H and O–H groups in total. The van der Waals surface area contributed by atoms with Crippen LogP contribution in [0.25, 0.3) is 0 Å². The minimum Gasteiger partial charge on any atom is -0.384 e. The van der Waals surface area contributed by atoms with Crippen LogP contribution in [0.4, 0.5) is 0 Å². The molecule has 1 saturated heterocycles.